The molecule has 43 heavy (non-hydrogen) atoms. The zero-order valence-electron chi connectivity index (χ0n) is 27.3. The monoisotopic (exact) mass is 593 g/mol. The van der Waals surface area contributed by atoms with Crippen LogP contribution in [-0.2, 0) is 28.9 Å². The second kappa shape index (κ2) is 13.7. The zero-order valence-corrected chi connectivity index (χ0v) is 27.3. The third kappa shape index (κ3) is 9.38. The van der Waals surface area contributed by atoms with E-state index >= 15 is 0 Å². The lowest BCUT2D eigenvalue weighted by Gasteiger charge is -2.40. The van der Waals surface area contributed by atoms with Crippen molar-refractivity contribution < 1.29 is 19.7 Å². The molecule has 9 heteroatoms. The van der Waals surface area contributed by atoms with E-state index < -0.39 is 11.6 Å². The number of allylic oxidation sites excluding steroid dienone is 2. The van der Waals surface area contributed by atoms with Crippen LogP contribution in [0, 0.1) is 19.3 Å². The summed E-state index contributed by atoms with van der Waals surface area (Å²) in [5.74, 6) is 0.126. The number of hydrogen-bond donors (Lipinski definition) is 4. The number of aliphatic carboxylic acids is 1. The first kappa shape index (κ1) is 33.8. The Kier molecular flexibility index (Phi) is 10.8. The Bertz CT molecular complexity index is 1360. The highest BCUT2D eigenvalue weighted by Crippen LogP contribution is 2.42. The van der Waals surface area contributed by atoms with Gasteiger partial charge in [-0.1, -0.05) is 32.0 Å². The Morgan fingerprint density at radius 1 is 1.07 bits per heavy atom. The topological polar surface area (TPSA) is 138 Å². The molecule has 2 aromatic rings. The molecule has 4 rings (SSSR count). The summed E-state index contributed by atoms with van der Waals surface area (Å²) in [5, 5.41) is 18.3. The standard InChI is InChI=1S/C30H41N5O3.C4H10O/c1-19-24(17-27(36)37)29(34-14-11-30(3,4)12-15-34)28(20(2)33-19)22-6-7-23-18-35(13-10-21(23)16-22)25(31)8-9-26(32)38-5;1-4(2,3)5/h6-9,16H,10-15,17-18,31-32H2,1-5H3,(H,36,37);5H,1-3H3/b25-8+,26-9+;. The van der Waals surface area contributed by atoms with Gasteiger partial charge in [-0.05, 0) is 82.1 Å². The summed E-state index contributed by atoms with van der Waals surface area (Å²) in [6.45, 7) is 17.1. The highest BCUT2D eigenvalue weighted by Gasteiger charge is 2.30. The van der Waals surface area contributed by atoms with Crippen LogP contribution in [-0.4, -0.2) is 58.4 Å². The zero-order chi connectivity index (χ0) is 32.1. The maximum atomic E-state index is 11.9. The lowest BCUT2D eigenvalue weighted by molar-refractivity contribution is -0.136. The molecular formula is C34H51N5O4. The summed E-state index contributed by atoms with van der Waals surface area (Å²) >= 11 is 0. The van der Waals surface area contributed by atoms with Gasteiger partial charge in [0.15, 0.2) is 5.88 Å². The third-order valence-electron chi connectivity index (χ3n) is 7.94. The highest BCUT2D eigenvalue weighted by molar-refractivity contribution is 5.86. The van der Waals surface area contributed by atoms with Crippen molar-refractivity contribution in [3.8, 4) is 11.1 Å². The molecule has 0 bridgehead atoms. The van der Waals surface area contributed by atoms with Gasteiger partial charge in [0.25, 0.3) is 0 Å². The normalized spacial score (nSPS) is 17.1. The lowest BCUT2D eigenvalue weighted by Crippen LogP contribution is -2.38. The van der Waals surface area contributed by atoms with E-state index in [0.717, 1.165) is 72.7 Å². The second-order valence-corrected chi connectivity index (χ2v) is 13.4. The molecule has 0 spiro atoms. The summed E-state index contributed by atoms with van der Waals surface area (Å²) in [6.07, 6.45) is 6.40. The van der Waals surface area contributed by atoms with E-state index in [-0.39, 0.29) is 6.42 Å². The van der Waals surface area contributed by atoms with Crippen molar-refractivity contribution in [3.63, 3.8) is 0 Å². The van der Waals surface area contributed by atoms with E-state index in [9.17, 15) is 9.90 Å². The molecule has 2 aliphatic rings. The van der Waals surface area contributed by atoms with Gasteiger partial charge in [0.1, 0.15) is 0 Å². The van der Waals surface area contributed by atoms with E-state index in [1.54, 1.807) is 32.9 Å². The van der Waals surface area contributed by atoms with E-state index in [4.69, 9.17) is 26.3 Å². The Balaban J connectivity index is 0.000000934. The van der Waals surface area contributed by atoms with Crippen LogP contribution in [0.25, 0.3) is 11.1 Å². The quantitative estimate of drug-likeness (QED) is 0.258. The minimum atomic E-state index is -0.832. The average molecular weight is 594 g/mol. The van der Waals surface area contributed by atoms with Gasteiger partial charge in [-0.15, -0.1) is 0 Å². The van der Waals surface area contributed by atoms with Crippen LogP contribution in [0.2, 0.25) is 0 Å². The Morgan fingerprint density at radius 2 is 1.70 bits per heavy atom. The number of piperidine rings is 1. The van der Waals surface area contributed by atoms with Gasteiger partial charge >= 0.3 is 5.97 Å². The van der Waals surface area contributed by atoms with Crippen LogP contribution in [0.1, 0.15) is 75.5 Å². The number of nitrogens with two attached hydrogens (primary N) is 2. The second-order valence-electron chi connectivity index (χ2n) is 13.4. The molecule has 1 aromatic carbocycles. The summed E-state index contributed by atoms with van der Waals surface area (Å²) in [4.78, 5) is 21.2. The Hall–Kier alpha value is -3.72. The highest BCUT2D eigenvalue weighted by atomic mass is 16.5. The van der Waals surface area contributed by atoms with E-state index in [1.807, 2.05) is 13.8 Å². The van der Waals surface area contributed by atoms with Gasteiger partial charge in [0, 0.05) is 54.8 Å². The fourth-order valence-electron chi connectivity index (χ4n) is 5.53. The van der Waals surface area contributed by atoms with Crippen molar-refractivity contribution in [2.24, 2.45) is 16.9 Å². The number of fused-ring (bicyclic) bond motifs is 1. The number of aryl methyl sites for hydroxylation is 2. The predicted molar refractivity (Wildman–Crippen MR) is 173 cm³/mol. The predicted octanol–water partition coefficient (Wildman–Crippen LogP) is 5.00. The molecule has 236 valence electrons. The number of ether oxygens (including phenoxy) is 1. The number of aromatic nitrogens is 1. The minimum Gasteiger partial charge on any atom is -0.483 e. The summed E-state index contributed by atoms with van der Waals surface area (Å²) in [6, 6.07) is 6.58. The van der Waals surface area contributed by atoms with Gasteiger partial charge in [0.2, 0.25) is 0 Å². The molecule has 0 aliphatic carbocycles. The summed E-state index contributed by atoms with van der Waals surface area (Å²) in [5.41, 5.74) is 20.1. The van der Waals surface area contributed by atoms with Crippen molar-refractivity contribution in [2.75, 3.05) is 31.6 Å². The average Bonchev–Trinajstić information content (AvgIpc) is 2.91. The van der Waals surface area contributed by atoms with Crippen molar-refractivity contribution in [3.05, 3.63) is 70.1 Å². The van der Waals surface area contributed by atoms with Gasteiger partial charge < -0.3 is 36.2 Å². The maximum absolute atomic E-state index is 11.9. The molecule has 0 radical (unpaired) electrons. The number of benzene rings is 1. The maximum Gasteiger partial charge on any atom is 0.307 e. The van der Waals surface area contributed by atoms with Crippen molar-refractivity contribution in [1.29, 1.82) is 0 Å². The van der Waals surface area contributed by atoms with Gasteiger partial charge in [-0.25, -0.2) is 0 Å². The molecule has 0 atom stereocenters. The molecule has 3 heterocycles. The summed E-state index contributed by atoms with van der Waals surface area (Å²) < 4.78 is 4.99. The minimum absolute atomic E-state index is 0.0329. The molecule has 0 amide bonds. The largest absolute Gasteiger partial charge is 0.483 e. The van der Waals surface area contributed by atoms with Crippen LogP contribution >= 0.6 is 0 Å². The lowest BCUT2D eigenvalue weighted by atomic mass is 9.82. The van der Waals surface area contributed by atoms with Crippen LogP contribution < -0.4 is 16.4 Å². The molecule has 1 aromatic heterocycles. The van der Waals surface area contributed by atoms with E-state index in [1.165, 1.54) is 18.2 Å². The van der Waals surface area contributed by atoms with Crippen LogP contribution in [0.15, 0.2) is 42.1 Å². The van der Waals surface area contributed by atoms with Crippen LogP contribution in [0.4, 0.5) is 5.69 Å². The van der Waals surface area contributed by atoms with Gasteiger partial charge in [-0.2, -0.15) is 0 Å². The number of carboxylic acid groups (broad SMARTS) is 1. The Labute approximate surface area is 257 Å². The number of pyridine rings is 1. The molecule has 9 nitrogen and oxygen atoms in total. The molecule has 2 aliphatic heterocycles. The SMILES string of the molecule is CC(C)(C)O.CO/C(N)=C/C=C(\N)N1CCc2cc(-c3c(C)nc(C)c(CC(=O)O)c3N3CCC(C)(C)CC3)ccc2C1. The molecule has 1 fully saturated rings. The van der Waals surface area contributed by atoms with Crippen LogP contribution in [0.5, 0.6) is 0 Å². The van der Waals surface area contributed by atoms with Gasteiger partial charge in [-0.3, -0.25) is 9.78 Å². The third-order valence-corrected chi connectivity index (χ3v) is 7.94. The first-order chi connectivity index (χ1) is 20.0. The number of rotatable bonds is 7. The fraction of sp³-hybridized carbons (Fsp3) is 0.529. The molecule has 6 N–H and O–H groups in total. The van der Waals surface area contributed by atoms with Gasteiger partial charge in [0.05, 0.1) is 30.6 Å². The number of aliphatic hydroxyl groups is 1. The van der Waals surface area contributed by atoms with Crippen molar-refractivity contribution >= 4 is 11.7 Å². The number of nitrogens with zero attached hydrogens (tertiary/aromatic N) is 3. The first-order valence-corrected chi connectivity index (χ1v) is 15.0. The number of anilines is 1. The van der Waals surface area contributed by atoms with E-state index in [0.29, 0.717) is 23.7 Å². The number of hydrogen-bond acceptors (Lipinski definition) is 8. The molecule has 0 unspecified atom stereocenters. The molecule has 1 saturated heterocycles. The van der Waals surface area contributed by atoms with Crippen molar-refractivity contribution in [1.82, 2.24) is 9.88 Å². The Morgan fingerprint density at radius 3 is 2.28 bits per heavy atom. The van der Waals surface area contributed by atoms with Crippen LogP contribution in [0.3, 0.4) is 0 Å². The fourth-order valence-corrected chi connectivity index (χ4v) is 5.53. The smallest absolute Gasteiger partial charge is 0.307 e. The van der Waals surface area contributed by atoms with Crippen molar-refractivity contribution in [2.45, 2.75) is 86.3 Å². The first-order valence-electron chi connectivity index (χ1n) is 15.0. The number of carboxylic acids is 1. The molecule has 0 saturated carbocycles. The van der Waals surface area contributed by atoms with E-state index in [2.05, 4.69) is 41.8 Å². The number of carbonyl (C=O) groups is 1. The molecular weight excluding hydrogens is 542 g/mol. The summed E-state index contributed by atoms with van der Waals surface area (Å²) in [7, 11) is 1.53. The number of methoxy groups -OCH3 is 1.